The number of rotatable bonds is 3. The maximum atomic E-state index is 11.1. The second kappa shape index (κ2) is 4.89. The van der Waals surface area contributed by atoms with Crippen LogP contribution in [-0.4, -0.2) is 11.1 Å². The van der Waals surface area contributed by atoms with Crippen LogP contribution in [0.3, 0.4) is 0 Å². The van der Waals surface area contributed by atoms with Crippen LogP contribution in [0.1, 0.15) is 10.4 Å². The second-order valence-corrected chi connectivity index (χ2v) is 3.87. The Balaban J connectivity index is 2.41. The van der Waals surface area contributed by atoms with E-state index < -0.39 is 5.97 Å². The summed E-state index contributed by atoms with van der Waals surface area (Å²) >= 11 is 6.00. The lowest BCUT2D eigenvalue weighted by Gasteiger charge is -2.11. The van der Waals surface area contributed by atoms with Gasteiger partial charge in [0.2, 0.25) is 0 Å². The minimum atomic E-state index is -1.01. The molecule has 2 aromatic rings. The number of aromatic carboxylic acids is 1. The Morgan fingerprint density at radius 3 is 2.41 bits per heavy atom. The molecular weight excluding hydrogens is 238 g/mol. The quantitative estimate of drug-likeness (QED) is 0.868. The van der Waals surface area contributed by atoms with Gasteiger partial charge in [-0.1, -0.05) is 35.9 Å². The van der Waals surface area contributed by atoms with E-state index in [0.29, 0.717) is 10.7 Å². The van der Waals surface area contributed by atoms with Gasteiger partial charge >= 0.3 is 5.97 Å². The van der Waals surface area contributed by atoms with Gasteiger partial charge in [-0.3, -0.25) is 0 Å². The van der Waals surface area contributed by atoms with Gasteiger partial charge in [0.25, 0.3) is 0 Å². The third kappa shape index (κ3) is 2.57. The third-order valence-electron chi connectivity index (χ3n) is 2.29. The van der Waals surface area contributed by atoms with Crippen LogP contribution in [0.15, 0.2) is 48.5 Å². The van der Waals surface area contributed by atoms with Crippen molar-refractivity contribution in [3.63, 3.8) is 0 Å². The first kappa shape index (κ1) is 11.5. The van der Waals surface area contributed by atoms with Crippen molar-refractivity contribution >= 4 is 28.9 Å². The molecule has 2 aromatic carbocycles. The number of halogens is 1. The Morgan fingerprint density at radius 1 is 1.06 bits per heavy atom. The zero-order valence-electron chi connectivity index (χ0n) is 8.85. The number of anilines is 2. The highest BCUT2D eigenvalue weighted by molar-refractivity contribution is 6.34. The minimum absolute atomic E-state index is 0.154. The van der Waals surface area contributed by atoms with Gasteiger partial charge in [0.05, 0.1) is 16.3 Å². The Morgan fingerprint density at radius 2 is 1.76 bits per heavy atom. The lowest BCUT2D eigenvalue weighted by molar-refractivity contribution is 0.0698. The van der Waals surface area contributed by atoms with Crippen LogP contribution >= 0.6 is 11.6 Å². The first-order valence-electron chi connectivity index (χ1n) is 5.02. The number of nitrogens with one attached hydrogen (secondary N) is 1. The maximum Gasteiger partial charge on any atom is 0.337 e. The number of hydrogen-bond donors (Lipinski definition) is 2. The number of benzene rings is 2. The summed E-state index contributed by atoms with van der Waals surface area (Å²) in [5, 5.41) is 12.5. The summed E-state index contributed by atoms with van der Waals surface area (Å²) in [5.74, 6) is -1.01. The van der Waals surface area contributed by atoms with E-state index in [1.165, 1.54) is 6.07 Å². The van der Waals surface area contributed by atoms with E-state index in [1.807, 2.05) is 30.3 Å². The summed E-state index contributed by atoms with van der Waals surface area (Å²) in [7, 11) is 0. The van der Waals surface area contributed by atoms with Gasteiger partial charge in [-0.05, 0) is 24.3 Å². The van der Waals surface area contributed by atoms with Gasteiger partial charge in [0, 0.05) is 5.69 Å². The van der Waals surface area contributed by atoms with Gasteiger partial charge in [-0.25, -0.2) is 4.79 Å². The number of carboxylic acid groups (broad SMARTS) is 1. The largest absolute Gasteiger partial charge is 0.478 e. The van der Waals surface area contributed by atoms with Crippen molar-refractivity contribution < 1.29 is 9.90 Å². The van der Waals surface area contributed by atoms with Crippen LogP contribution in [0.2, 0.25) is 5.02 Å². The van der Waals surface area contributed by atoms with Crippen molar-refractivity contribution in [2.75, 3.05) is 5.32 Å². The lowest BCUT2D eigenvalue weighted by Crippen LogP contribution is -2.03. The fourth-order valence-corrected chi connectivity index (χ4v) is 1.72. The molecule has 0 radical (unpaired) electrons. The molecule has 2 rings (SSSR count). The highest BCUT2D eigenvalue weighted by Crippen LogP contribution is 2.29. The van der Waals surface area contributed by atoms with Crippen LogP contribution in [0.4, 0.5) is 11.4 Å². The molecule has 0 aromatic heterocycles. The molecule has 17 heavy (non-hydrogen) atoms. The van der Waals surface area contributed by atoms with E-state index >= 15 is 0 Å². The fourth-order valence-electron chi connectivity index (χ4n) is 1.50. The summed E-state index contributed by atoms with van der Waals surface area (Å²) in [5.41, 5.74) is 1.36. The van der Waals surface area contributed by atoms with E-state index in [4.69, 9.17) is 16.7 Å². The van der Waals surface area contributed by atoms with E-state index in [9.17, 15) is 4.79 Å². The average Bonchev–Trinajstić information content (AvgIpc) is 2.33. The summed E-state index contributed by atoms with van der Waals surface area (Å²) in [6, 6.07) is 14.1. The first-order chi connectivity index (χ1) is 8.18. The summed E-state index contributed by atoms with van der Waals surface area (Å²) < 4.78 is 0. The van der Waals surface area contributed by atoms with E-state index in [2.05, 4.69) is 5.32 Å². The predicted octanol–water partition coefficient (Wildman–Crippen LogP) is 3.78. The van der Waals surface area contributed by atoms with Crippen LogP contribution < -0.4 is 5.32 Å². The SMILES string of the molecule is O=C(O)c1cccc(Cl)c1Nc1ccccc1. The summed E-state index contributed by atoms with van der Waals surface area (Å²) in [6.07, 6.45) is 0. The van der Waals surface area contributed by atoms with Crippen molar-refractivity contribution in [3.05, 3.63) is 59.1 Å². The van der Waals surface area contributed by atoms with Crippen molar-refractivity contribution in [2.24, 2.45) is 0 Å². The molecule has 2 N–H and O–H groups in total. The topological polar surface area (TPSA) is 49.3 Å². The van der Waals surface area contributed by atoms with Gasteiger partial charge in [-0.15, -0.1) is 0 Å². The highest BCUT2D eigenvalue weighted by atomic mass is 35.5. The van der Waals surface area contributed by atoms with E-state index in [1.54, 1.807) is 12.1 Å². The predicted molar refractivity (Wildman–Crippen MR) is 68.1 cm³/mol. The summed E-state index contributed by atoms with van der Waals surface area (Å²) in [4.78, 5) is 11.1. The van der Waals surface area contributed by atoms with Crippen molar-refractivity contribution in [1.29, 1.82) is 0 Å². The molecule has 3 nitrogen and oxygen atoms in total. The van der Waals surface area contributed by atoms with Crippen LogP contribution in [0, 0.1) is 0 Å². The van der Waals surface area contributed by atoms with Gasteiger partial charge < -0.3 is 10.4 Å². The molecule has 0 saturated heterocycles. The van der Waals surface area contributed by atoms with Crippen LogP contribution in [0.5, 0.6) is 0 Å². The monoisotopic (exact) mass is 247 g/mol. The van der Waals surface area contributed by atoms with Crippen molar-refractivity contribution in [2.45, 2.75) is 0 Å². The van der Waals surface area contributed by atoms with Crippen molar-refractivity contribution in [1.82, 2.24) is 0 Å². The lowest BCUT2D eigenvalue weighted by atomic mass is 10.1. The fraction of sp³-hybridized carbons (Fsp3) is 0. The molecule has 0 aliphatic rings. The van der Waals surface area contributed by atoms with Gasteiger partial charge in [0.15, 0.2) is 0 Å². The summed E-state index contributed by atoms with van der Waals surface area (Å²) in [6.45, 7) is 0. The zero-order chi connectivity index (χ0) is 12.3. The van der Waals surface area contributed by atoms with Gasteiger partial charge in [-0.2, -0.15) is 0 Å². The molecule has 0 bridgehead atoms. The average molecular weight is 248 g/mol. The molecule has 0 aliphatic carbocycles. The smallest absolute Gasteiger partial charge is 0.337 e. The molecular formula is C13H10ClNO2. The third-order valence-corrected chi connectivity index (χ3v) is 2.60. The molecule has 0 heterocycles. The molecule has 0 fully saturated rings. The first-order valence-corrected chi connectivity index (χ1v) is 5.40. The molecule has 0 saturated carbocycles. The number of carbonyl (C=O) groups is 1. The van der Waals surface area contributed by atoms with Gasteiger partial charge in [0.1, 0.15) is 0 Å². The van der Waals surface area contributed by atoms with E-state index in [-0.39, 0.29) is 5.56 Å². The highest BCUT2D eigenvalue weighted by Gasteiger charge is 2.12. The molecule has 0 aliphatic heterocycles. The van der Waals surface area contributed by atoms with Crippen LogP contribution in [-0.2, 0) is 0 Å². The molecule has 86 valence electrons. The normalized spacial score (nSPS) is 9.94. The van der Waals surface area contributed by atoms with Crippen molar-refractivity contribution in [3.8, 4) is 0 Å². The number of hydrogen-bond acceptors (Lipinski definition) is 2. The number of carboxylic acids is 1. The molecule has 0 atom stereocenters. The van der Waals surface area contributed by atoms with Crippen LogP contribution in [0.25, 0.3) is 0 Å². The molecule has 0 spiro atoms. The number of para-hydroxylation sites is 2. The molecule has 0 unspecified atom stereocenters. The zero-order valence-corrected chi connectivity index (χ0v) is 9.61. The van der Waals surface area contributed by atoms with E-state index in [0.717, 1.165) is 5.69 Å². The minimum Gasteiger partial charge on any atom is -0.478 e. The standard InChI is InChI=1S/C13H10ClNO2/c14-11-8-4-7-10(13(16)17)12(11)15-9-5-2-1-3-6-9/h1-8,15H,(H,16,17). The molecule has 0 amide bonds. The second-order valence-electron chi connectivity index (χ2n) is 3.46. The Labute approximate surface area is 104 Å². The molecule has 4 heteroatoms. The maximum absolute atomic E-state index is 11.1. The Hall–Kier alpha value is -2.00. The Bertz CT molecular complexity index is 540. The Kier molecular flexibility index (Phi) is 3.30.